The fourth-order valence-corrected chi connectivity index (χ4v) is 16.9. The summed E-state index contributed by atoms with van der Waals surface area (Å²) in [5.41, 5.74) is 16.5. The van der Waals surface area contributed by atoms with Crippen molar-refractivity contribution in [3.05, 3.63) is 229 Å². The molecule has 5 heterocycles. The number of hydrogen-bond acceptors (Lipinski definition) is 20. The molecule has 5 aliphatic heterocycles. The zero-order valence-corrected chi connectivity index (χ0v) is 73.0. The second kappa shape index (κ2) is 40.1. The van der Waals surface area contributed by atoms with Crippen molar-refractivity contribution in [2.45, 2.75) is 212 Å². The van der Waals surface area contributed by atoms with E-state index >= 15 is 0 Å². The molecule has 0 bridgehead atoms. The van der Waals surface area contributed by atoms with Crippen LogP contribution >= 0.6 is 0 Å². The SMILES string of the molecule is COc1cc(CCC(C)(C)N2Cc3ccc(S(C)(=O)=O)cc3C2)ccc1O.COc1cc(CCC(C)(C)N2Cc3cccc(C(=O)CCCN(C)C)c3C2)ccc1O.COc1cc(CCC(C)(C)N2Cc3cccc(C(=O)CCCO)c3C2)ccc1O.COc1cc(CCC(C)(C)N2Cc3cccc(C(=O)N4CCOCC4)c3C2)ccc1O. The highest BCUT2D eigenvalue weighted by atomic mass is 32.2. The van der Waals surface area contributed by atoms with E-state index in [-0.39, 0.29) is 69.2 Å². The van der Waals surface area contributed by atoms with Crippen LogP contribution in [-0.2, 0) is 92.6 Å². The van der Waals surface area contributed by atoms with E-state index in [1.807, 2.05) is 116 Å². The number of aromatic hydroxyl groups is 4. The zero-order valence-electron chi connectivity index (χ0n) is 72.2. The zero-order chi connectivity index (χ0) is 85.4. The number of morpholine rings is 1. The third-order valence-electron chi connectivity index (χ3n) is 24.5. The number of phenols is 4. The fraction of sp³-hybridized carbons (Fsp3) is 0.469. The first kappa shape index (κ1) is 91.0. The maximum absolute atomic E-state index is 13.1. The van der Waals surface area contributed by atoms with Gasteiger partial charge in [-0.15, -0.1) is 0 Å². The Balaban J connectivity index is 0.000000166. The number of sulfone groups is 1. The average molecular weight is 1640 g/mol. The molecular weight excluding hydrogens is 1510 g/mol. The van der Waals surface area contributed by atoms with E-state index in [9.17, 15) is 43.2 Å². The van der Waals surface area contributed by atoms with Crippen molar-refractivity contribution in [2.75, 3.05) is 88.2 Å². The molecule has 0 radical (unpaired) electrons. The summed E-state index contributed by atoms with van der Waals surface area (Å²) in [7, 11) is 7.15. The van der Waals surface area contributed by atoms with Gasteiger partial charge in [0.2, 0.25) is 0 Å². The molecule has 8 aromatic carbocycles. The monoisotopic (exact) mass is 1630 g/mol. The molecule has 118 heavy (non-hydrogen) atoms. The highest BCUT2D eigenvalue weighted by molar-refractivity contribution is 7.90. The largest absolute Gasteiger partial charge is 0.504 e. The summed E-state index contributed by atoms with van der Waals surface area (Å²) in [6.45, 7) is 28.0. The van der Waals surface area contributed by atoms with E-state index in [0.29, 0.717) is 73.5 Å². The van der Waals surface area contributed by atoms with Gasteiger partial charge in [-0.1, -0.05) is 78.9 Å². The van der Waals surface area contributed by atoms with Crippen molar-refractivity contribution in [3.63, 3.8) is 0 Å². The quantitative estimate of drug-likeness (QED) is 0.0253. The number of aryl methyl sites for hydroxylation is 4. The maximum atomic E-state index is 13.1. The van der Waals surface area contributed by atoms with E-state index in [0.717, 1.165) is 167 Å². The number of methoxy groups -OCH3 is 4. The number of rotatable bonds is 31. The van der Waals surface area contributed by atoms with Crippen LogP contribution in [0.1, 0.15) is 205 Å². The number of aliphatic hydroxyl groups excluding tert-OH is 1. The van der Waals surface area contributed by atoms with Gasteiger partial charge in [-0.3, -0.25) is 34.0 Å². The first-order valence-corrected chi connectivity index (χ1v) is 43.2. The minimum absolute atomic E-state index is 0.0185. The van der Waals surface area contributed by atoms with Crippen LogP contribution in [0.15, 0.2) is 150 Å². The average Bonchev–Trinajstić information content (AvgIpc) is 1.65. The molecule has 1 saturated heterocycles. The van der Waals surface area contributed by atoms with Crippen LogP contribution in [0.4, 0.5) is 0 Å². The molecule has 0 saturated carbocycles. The van der Waals surface area contributed by atoms with Gasteiger partial charge in [-0.05, 0) is 274 Å². The molecule has 5 N–H and O–H groups in total. The van der Waals surface area contributed by atoms with E-state index in [1.54, 1.807) is 58.8 Å². The van der Waals surface area contributed by atoms with Gasteiger partial charge in [0.1, 0.15) is 0 Å². The summed E-state index contributed by atoms with van der Waals surface area (Å²) >= 11 is 0. The lowest BCUT2D eigenvalue weighted by atomic mass is 9.93. The third-order valence-corrected chi connectivity index (χ3v) is 25.6. The predicted octanol–water partition coefficient (Wildman–Crippen LogP) is 15.9. The van der Waals surface area contributed by atoms with Gasteiger partial charge in [-0.2, -0.15) is 0 Å². The number of benzene rings is 8. The number of aliphatic hydroxyl groups is 1. The summed E-state index contributed by atoms with van der Waals surface area (Å²) in [6.07, 6.45) is 11.0. The Morgan fingerprint density at radius 3 is 1.10 bits per heavy atom. The first-order chi connectivity index (χ1) is 56.0. The fourth-order valence-electron chi connectivity index (χ4n) is 16.2. The Kier molecular flexibility index (Phi) is 30.9. The Morgan fingerprint density at radius 1 is 0.424 bits per heavy atom. The number of phenolic OH excluding ortho intramolecular Hbond substituents is 4. The predicted molar refractivity (Wildman–Crippen MR) is 464 cm³/mol. The Labute approximate surface area is 700 Å². The number of ketones is 2. The number of Topliss-reactive ketones (excluding diaryl/α,β-unsaturated/α-hetero) is 2. The van der Waals surface area contributed by atoms with Gasteiger partial charge in [0.25, 0.3) is 5.91 Å². The van der Waals surface area contributed by atoms with Gasteiger partial charge in [-0.25, -0.2) is 8.42 Å². The summed E-state index contributed by atoms with van der Waals surface area (Å²) in [6, 6.07) is 45.8. The number of nitrogens with zero attached hydrogens (tertiary/aromatic N) is 6. The molecule has 0 aromatic heterocycles. The highest BCUT2D eigenvalue weighted by Gasteiger charge is 2.39. The van der Waals surface area contributed by atoms with Crippen LogP contribution in [0, 0.1) is 0 Å². The van der Waals surface area contributed by atoms with Crippen molar-refractivity contribution >= 4 is 27.3 Å². The van der Waals surface area contributed by atoms with Crippen molar-refractivity contribution in [2.24, 2.45) is 0 Å². The summed E-state index contributed by atoms with van der Waals surface area (Å²) in [4.78, 5) is 52.7. The molecule has 21 nitrogen and oxygen atoms in total. The Bertz CT molecular complexity index is 4920. The lowest BCUT2D eigenvalue weighted by Crippen LogP contribution is -2.42. The maximum Gasteiger partial charge on any atom is 0.254 e. The standard InChI is InChI=1S/C26H36N2O3.C25H32N2O4.C24H31NO4.C21H27NO4S/c1-26(2,14-13-19-11-12-24(30)25(16-19)31-5)28-17-20-8-6-9-21(22(20)18-28)23(29)10-7-15-27(3)4;1-25(2,10-9-18-7-8-22(28)23(15-18)30-3)27-16-19-5-4-6-20(21(19)17-27)24(29)26-11-13-31-14-12-26;1-24(2,12-11-17-9-10-22(28)23(14-17)29-3)25-15-18-6-4-7-19(20(18)16-25)21(27)8-5-13-26;1-21(2,10-9-15-5-8-19(23)20(11-15)26-3)22-13-16-6-7-18(27(4,24)25)12-17(16)14-22/h6,8-9,11-12,16,30H,7,10,13-15,17-18H2,1-5H3;4-8,15,28H,9-14,16-17H2,1-3H3;4,6-7,9-10,14,26,28H,5,8,11-13,15-16H2,1-3H3;5-8,11-12,23H,9-10,13-14H2,1-4H3. The van der Waals surface area contributed by atoms with Crippen LogP contribution < -0.4 is 18.9 Å². The lowest BCUT2D eigenvalue weighted by Gasteiger charge is -2.36. The molecule has 636 valence electrons. The molecule has 13 rings (SSSR count). The highest BCUT2D eigenvalue weighted by Crippen LogP contribution is 2.41. The number of carbonyl (C=O) groups is 3. The van der Waals surface area contributed by atoms with Crippen LogP contribution in [0.2, 0.25) is 0 Å². The van der Waals surface area contributed by atoms with E-state index in [2.05, 4.69) is 98.1 Å². The van der Waals surface area contributed by atoms with Gasteiger partial charge in [0, 0.05) is 130 Å². The van der Waals surface area contributed by atoms with Crippen molar-refractivity contribution in [1.29, 1.82) is 0 Å². The number of ether oxygens (including phenoxy) is 5. The number of hydrogen-bond donors (Lipinski definition) is 5. The molecule has 0 spiro atoms. The third kappa shape index (κ3) is 23.4. The second-order valence-corrected chi connectivity index (χ2v) is 36.7. The van der Waals surface area contributed by atoms with E-state index < -0.39 is 9.84 Å². The van der Waals surface area contributed by atoms with E-state index in [4.69, 9.17) is 28.8 Å². The molecule has 8 aromatic rings. The van der Waals surface area contributed by atoms with Crippen molar-refractivity contribution in [3.8, 4) is 46.0 Å². The van der Waals surface area contributed by atoms with E-state index in [1.165, 1.54) is 39.6 Å². The molecule has 0 unspecified atom stereocenters. The molecular formula is C96H126N6O15S. The summed E-state index contributed by atoms with van der Waals surface area (Å²) in [5.74, 6) is 3.16. The molecule has 22 heteroatoms. The molecule has 0 aliphatic carbocycles. The minimum atomic E-state index is -3.18. The van der Waals surface area contributed by atoms with Crippen molar-refractivity contribution < 1.29 is 72.0 Å². The Hall–Kier alpha value is -9.36. The number of fused-ring (bicyclic) bond motifs is 4. The van der Waals surface area contributed by atoms with Crippen molar-refractivity contribution in [1.82, 2.24) is 29.4 Å². The topological polar surface area (TPSA) is 252 Å². The summed E-state index contributed by atoms with van der Waals surface area (Å²) in [5, 5.41) is 48.2. The first-order valence-electron chi connectivity index (χ1n) is 41.3. The van der Waals surface area contributed by atoms with Crippen LogP contribution in [-0.4, -0.2) is 191 Å². The molecule has 1 amide bonds. The minimum Gasteiger partial charge on any atom is -0.504 e. The van der Waals surface area contributed by atoms with Crippen LogP contribution in [0.25, 0.3) is 0 Å². The second-order valence-electron chi connectivity index (χ2n) is 34.7. The Morgan fingerprint density at radius 2 is 0.754 bits per heavy atom. The summed E-state index contributed by atoms with van der Waals surface area (Å²) < 4.78 is 49.9. The number of carbonyl (C=O) groups excluding carboxylic acids is 3. The van der Waals surface area contributed by atoms with Gasteiger partial charge in [0.15, 0.2) is 67.4 Å². The lowest BCUT2D eigenvalue weighted by molar-refractivity contribution is 0.0301. The van der Waals surface area contributed by atoms with Crippen LogP contribution in [0.5, 0.6) is 46.0 Å². The molecule has 5 aliphatic rings. The van der Waals surface area contributed by atoms with Gasteiger partial charge in [0.05, 0.1) is 46.5 Å². The normalized spacial score (nSPS) is 15.0. The smallest absolute Gasteiger partial charge is 0.254 e. The number of amides is 1. The van der Waals surface area contributed by atoms with Gasteiger partial charge >= 0.3 is 0 Å². The molecule has 1 fully saturated rings. The van der Waals surface area contributed by atoms with Gasteiger partial charge < -0.3 is 59.0 Å². The van der Waals surface area contributed by atoms with Crippen LogP contribution in [0.3, 0.4) is 0 Å². The molecule has 0 atom stereocenters.